The number of nitrogens with two attached hydrogens (primary N) is 1. The Morgan fingerprint density at radius 3 is 2.65 bits per heavy atom. The molecule has 1 amide bonds. The Labute approximate surface area is 102 Å². The van der Waals surface area contributed by atoms with Crippen LogP contribution in [0.3, 0.4) is 0 Å². The summed E-state index contributed by atoms with van der Waals surface area (Å²) >= 11 is 0. The molecule has 1 aromatic rings. The third-order valence-corrected chi connectivity index (χ3v) is 2.66. The van der Waals surface area contributed by atoms with Crippen molar-refractivity contribution in [2.75, 3.05) is 6.61 Å². The first-order chi connectivity index (χ1) is 8.17. The van der Waals surface area contributed by atoms with Gasteiger partial charge < -0.3 is 16.2 Å². The summed E-state index contributed by atoms with van der Waals surface area (Å²) in [7, 11) is 0. The predicted octanol–water partition coefficient (Wildman–Crippen LogP) is 0.575. The van der Waals surface area contributed by atoms with Crippen LogP contribution in [0.15, 0.2) is 24.3 Å². The minimum absolute atomic E-state index is 0.00228. The molecule has 0 saturated heterocycles. The highest BCUT2D eigenvalue weighted by Gasteiger charge is 2.09. The van der Waals surface area contributed by atoms with Crippen molar-refractivity contribution in [1.29, 1.82) is 0 Å². The molecule has 0 bridgehead atoms. The second kappa shape index (κ2) is 7.04. The lowest BCUT2D eigenvalue weighted by molar-refractivity contribution is -0.121. The molecule has 0 aliphatic carbocycles. The van der Waals surface area contributed by atoms with Crippen LogP contribution in [0.4, 0.5) is 0 Å². The number of carbonyl (C=O) groups is 1. The molecule has 0 heterocycles. The van der Waals surface area contributed by atoms with Crippen LogP contribution in [0.5, 0.6) is 0 Å². The summed E-state index contributed by atoms with van der Waals surface area (Å²) in [6, 6.07) is 7.66. The minimum atomic E-state index is -0.0353. The maximum atomic E-state index is 11.7. The van der Waals surface area contributed by atoms with E-state index in [1.54, 1.807) is 0 Å². The molecule has 1 rings (SSSR count). The van der Waals surface area contributed by atoms with E-state index < -0.39 is 0 Å². The highest BCUT2D eigenvalue weighted by Crippen LogP contribution is 2.08. The Morgan fingerprint density at radius 2 is 2.06 bits per heavy atom. The number of aliphatic hydroxyl groups excluding tert-OH is 1. The van der Waals surface area contributed by atoms with Gasteiger partial charge in [0.05, 0.1) is 6.42 Å². The Balaban J connectivity index is 2.55. The predicted molar refractivity (Wildman–Crippen MR) is 67.3 cm³/mol. The summed E-state index contributed by atoms with van der Waals surface area (Å²) in [6.07, 6.45) is 0.910. The molecule has 4 heteroatoms. The molecule has 94 valence electrons. The first kappa shape index (κ1) is 13.7. The summed E-state index contributed by atoms with van der Waals surface area (Å²) < 4.78 is 0. The molecule has 1 atom stereocenters. The van der Waals surface area contributed by atoms with Crippen molar-refractivity contribution < 1.29 is 9.90 Å². The van der Waals surface area contributed by atoms with Crippen molar-refractivity contribution >= 4 is 5.91 Å². The van der Waals surface area contributed by atoms with Crippen LogP contribution in [-0.4, -0.2) is 23.7 Å². The summed E-state index contributed by atoms with van der Waals surface area (Å²) in [5.74, 6) is -0.0353. The SMILES string of the molecule is CC(CCO)NC(=O)Cc1ccccc1CN. The van der Waals surface area contributed by atoms with Crippen molar-refractivity contribution in [1.82, 2.24) is 5.32 Å². The van der Waals surface area contributed by atoms with Gasteiger partial charge in [0.1, 0.15) is 0 Å². The van der Waals surface area contributed by atoms with Gasteiger partial charge in [-0.1, -0.05) is 24.3 Å². The van der Waals surface area contributed by atoms with E-state index in [1.165, 1.54) is 0 Å². The summed E-state index contributed by atoms with van der Waals surface area (Å²) in [4.78, 5) is 11.7. The van der Waals surface area contributed by atoms with Crippen molar-refractivity contribution in [3.05, 3.63) is 35.4 Å². The fourth-order valence-corrected chi connectivity index (χ4v) is 1.69. The molecular formula is C13H20N2O2. The zero-order chi connectivity index (χ0) is 12.7. The quantitative estimate of drug-likeness (QED) is 0.676. The zero-order valence-electron chi connectivity index (χ0n) is 10.1. The second-order valence-electron chi connectivity index (χ2n) is 4.13. The van der Waals surface area contributed by atoms with Crippen LogP contribution in [-0.2, 0) is 17.8 Å². The molecule has 0 fully saturated rings. The Hall–Kier alpha value is -1.39. The molecule has 4 N–H and O–H groups in total. The topological polar surface area (TPSA) is 75.3 Å². The lowest BCUT2D eigenvalue weighted by Crippen LogP contribution is -2.34. The molecule has 0 aliphatic heterocycles. The normalized spacial score (nSPS) is 12.2. The summed E-state index contributed by atoms with van der Waals surface area (Å²) in [6.45, 7) is 2.40. The average molecular weight is 236 g/mol. The van der Waals surface area contributed by atoms with Crippen LogP contribution in [0, 0.1) is 0 Å². The zero-order valence-corrected chi connectivity index (χ0v) is 10.1. The van der Waals surface area contributed by atoms with Gasteiger partial charge in [-0.25, -0.2) is 0 Å². The number of amides is 1. The number of rotatable bonds is 6. The van der Waals surface area contributed by atoms with E-state index >= 15 is 0 Å². The van der Waals surface area contributed by atoms with E-state index in [4.69, 9.17) is 10.8 Å². The van der Waals surface area contributed by atoms with Crippen LogP contribution < -0.4 is 11.1 Å². The largest absolute Gasteiger partial charge is 0.396 e. The first-order valence-electron chi connectivity index (χ1n) is 5.84. The van der Waals surface area contributed by atoms with E-state index in [-0.39, 0.29) is 18.6 Å². The minimum Gasteiger partial charge on any atom is -0.396 e. The number of benzene rings is 1. The van der Waals surface area contributed by atoms with Crippen molar-refractivity contribution in [3.8, 4) is 0 Å². The van der Waals surface area contributed by atoms with Crippen molar-refractivity contribution in [2.45, 2.75) is 32.4 Å². The van der Waals surface area contributed by atoms with E-state index in [9.17, 15) is 4.79 Å². The molecule has 0 spiro atoms. The molecule has 0 aliphatic rings. The van der Waals surface area contributed by atoms with Gasteiger partial charge in [-0.15, -0.1) is 0 Å². The molecule has 1 unspecified atom stereocenters. The fourth-order valence-electron chi connectivity index (χ4n) is 1.69. The molecule has 0 aromatic heterocycles. The van der Waals surface area contributed by atoms with Gasteiger partial charge >= 0.3 is 0 Å². The summed E-state index contributed by atoms with van der Waals surface area (Å²) in [5, 5.41) is 11.6. The molecule has 4 nitrogen and oxygen atoms in total. The Bertz CT molecular complexity index is 366. The molecule has 0 saturated carbocycles. The molecule has 0 radical (unpaired) electrons. The van der Waals surface area contributed by atoms with Gasteiger partial charge in [-0.2, -0.15) is 0 Å². The van der Waals surface area contributed by atoms with Gasteiger partial charge in [-0.05, 0) is 24.5 Å². The van der Waals surface area contributed by atoms with E-state index in [2.05, 4.69) is 5.32 Å². The summed E-state index contributed by atoms with van der Waals surface area (Å²) in [5.41, 5.74) is 7.57. The Kier molecular flexibility index (Phi) is 5.66. The maximum absolute atomic E-state index is 11.7. The van der Waals surface area contributed by atoms with Gasteiger partial charge in [0, 0.05) is 19.2 Å². The first-order valence-corrected chi connectivity index (χ1v) is 5.84. The average Bonchev–Trinajstić information content (AvgIpc) is 2.29. The molecule has 1 aromatic carbocycles. The Morgan fingerprint density at radius 1 is 1.41 bits per heavy atom. The van der Waals surface area contributed by atoms with Gasteiger partial charge in [0.15, 0.2) is 0 Å². The van der Waals surface area contributed by atoms with Crippen molar-refractivity contribution in [2.24, 2.45) is 5.73 Å². The maximum Gasteiger partial charge on any atom is 0.224 e. The smallest absolute Gasteiger partial charge is 0.224 e. The third kappa shape index (κ3) is 4.54. The molecular weight excluding hydrogens is 216 g/mol. The van der Waals surface area contributed by atoms with Crippen LogP contribution in [0.25, 0.3) is 0 Å². The second-order valence-corrected chi connectivity index (χ2v) is 4.13. The number of nitrogens with one attached hydrogen (secondary N) is 1. The fraction of sp³-hybridized carbons (Fsp3) is 0.462. The lowest BCUT2D eigenvalue weighted by atomic mass is 10.0. The molecule has 17 heavy (non-hydrogen) atoms. The lowest BCUT2D eigenvalue weighted by Gasteiger charge is -2.13. The number of carbonyl (C=O) groups excluding carboxylic acids is 1. The van der Waals surface area contributed by atoms with E-state index in [0.717, 1.165) is 11.1 Å². The van der Waals surface area contributed by atoms with E-state index in [0.29, 0.717) is 19.4 Å². The standard InChI is InChI=1S/C13H20N2O2/c1-10(6-7-16)15-13(17)8-11-4-2-3-5-12(11)9-14/h2-5,10,16H,6-9,14H2,1H3,(H,15,17). The van der Waals surface area contributed by atoms with Gasteiger partial charge in [-0.3, -0.25) is 4.79 Å². The van der Waals surface area contributed by atoms with E-state index in [1.807, 2.05) is 31.2 Å². The number of aliphatic hydroxyl groups is 1. The van der Waals surface area contributed by atoms with Gasteiger partial charge in [0.2, 0.25) is 5.91 Å². The third-order valence-electron chi connectivity index (χ3n) is 2.66. The van der Waals surface area contributed by atoms with Crippen molar-refractivity contribution in [3.63, 3.8) is 0 Å². The number of hydrogen-bond acceptors (Lipinski definition) is 3. The highest BCUT2D eigenvalue weighted by molar-refractivity contribution is 5.79. The van der Waals surface area contributed by atoms with Crippen LogP contribution in [0.1, 0.15) is 24.5 Å². The number of hydrogen-bond donors (Lipinski definition) is 3. The highest BCUT2D eigenvalue weighted by atomic mass is 16.3. The van der Waals surface area contributed by atoms with Gasteiger partial charge in [0.25, 0.3) is 0 Å². The van der Waals surface area contributed by atoms with Crippen LogP contribution >= 0.6 is 0 Å². The monoisotopic (exact) mass is 236 g/mol. The van der Waals surface area contributed by atoms with Crippen LogP contribution in [0.2, 0.25) is 0 Å².